The molecule has 37 heavy (non-hydrogen) atoms. The molecular formula is C29H33FN4O3. The lowest BCUT2D eigenvalue weighted by molar-refractivity contribution is 0.0937. The molecule has 0 bridgehead atoms. The first-order chi connectivity index (χ1) is 18.0. The smallest absolute Gasteiger partial charge is 0.323 e. The highest BCUT2D eigenvalue weighted by Crippen LogP contribution is 2.30. The molecule has 8 heteroatoms. The van der Waals surface area contributed by atoms with Gasteiger partial charge in [0.25, 0.3) is 5.91 Å². The topological polar surface area (TPSA) is 82.7 Å². The summed E-state index contributed by atoms with van der Waals surface area (Å²) in [6.07, 6.45) is 3.12. The van der Waals surface area contributed by atoms with Gasteiger partial charge in [0, 0.05) is 38.1 Å². The molecule has 4 rings (SSSR count). The number of halogens is 1. The molecule has 0 aromatic heterocycles. The number of nitrogens with one attached hydrogen (secondary N) is 3. The van der Waals surface area contributed by atoms with Crippen molar-refractivity contribution in [1.29, 1.82) is 0 Å². The number of para-hydroxylation sites is 1. The molecule has 0 unspecified atom stereocenters. The molecule has 0 saturated carbocycles. The fourth-order valence-electron chi connectivity index (χ4n) is 4.61. The molecule has 7 nitrogen and oxygen atoms in total. The predicted molar refractivity (Wildman–Crippen MR) is 145 cm³/mol. The monoisotopic (exact) mass is 504 g/mol. The van der Waals surface area contributed by atoms with Crippen LogP contribution in [0.25, 0.3) is 0 Å². The summed E-state index contributed by atoms with van der Waals surface area (Å²) in [5.74, 6) is -0.167. The fourth-order valence-corrected chi connectivity index (χ4v) is 4.61. The standard InChI is InChI=1S/C29H33FN4O3/c1-37-18-15-31-28(35)24-20-23(32-29(36)33-26-10-6-5-9-25(26)30)11-12-27(24)34-16-13-22(14-17-34)19-21-7-3-2-4-8-21/h2-12,20,22H,13-19H2,1H3,(H,31,35)(H2,32,33,36). The van der Waals surface area contributed by atoms with E-state index in [9.17, 15) is 14.0 Å². The molecule has 1 fully saturated rings. The minimum atomic E-state index is -0.592. The Morgan fingerprint density at radius 1 is 0.973 bits per heavy atom. The van der Waals surface area contributed by atoms with E-state index >= 15 is 0 Å². The van der Waals surface area contributed by atoms with E-state index in [2.05, 4.69) is 45.1 Å². The number of urea groups is 1. The van der Waals surface area contributed by atoms with E-state index in [0.29, 0.717) is 30.3 Å². The number of amides is 3. The van der Waals surface area contributed by atoms with E-state index in [-0.39, 0.29) is 11.6 Å². The highest BCUT2D eigenvalue weighted by Gasteiger charge is 2.24. The van der Waals surface area contributed by atoms with Gasteiger partial charge >= 0.3 is 6.03 Å². The van der Waals surface area contributed by atoms with E-state index in [1.165, 1.54) is 17.7 Å². The number of rotatable bonds is 9. The van der Waals surface area contributed by atoms with Crippen molar-refractivity contribution >= 4 is 29.0 Å². The highest BCUT2D eigenvalue weighted by atomic mass is 19.1. The van der Waals surface area contributed by atoms with Gasteiger partial charge in [-0.1, -0.05) is 42.5 Å². The summed E-state index contributed by atoms with van der Waals surface area (Å²) in [5.41, 5.74) is 3.17. The maximum Gasteiger partial charge on any atom is 0.323 e. The predicted octanol–water partition coefficient (Wildman–Crippen LogP) is 5.31. The van der Waals surface area contributed by atoms with E-state index < -0.39 is 11.8 Å². The van der Waals surface area contributed by atoms with Crippen LogP contribution in [0.15, 0.2) is 72.8 Å². The summed E-state index contributed by atoms with van der Waals surface area (Å²) >= 11 is 0. The summed E-state index contributed by atoms with van der Waals surface area (Å²) < 4.78 is 19.0. The number of hydrogen-bond acceptors (Lipinski definition) is 4. The second-order valence-electron chi connectivity index (χ2n) is 9.16. The first-order valence-corrected chi connectivity index (χ1v) is 12.6. The van der Waals surface area contributed by atoms with Gasteiger partial charge in [0.05, 0.1) is 17.9 Å². The molecule has 1 aliphatic heterocycles. The van der Waals surface area contributed by atoms with Crippen LogP contribution in [0.4, 0.5) is 26.2 Å². The Balaban J connectivity index is 1.46. The average molecular weight is 505 g/mol. The van der Waals surface area contributed by atoms with Crippen LogP contribution >= 0.6 is 0 Å². The molecule has 1 heterocycles. The zero-order valence-corrected chi connectivity index (χ0v) is 21.0. The third-order valence-electron chi connectivity index (χ3n) is 6.54. The van der Waals surface area contributed by atoms with Crippen molar-refractivity contribution < 1.29 is 18.7 Å². The van der Waals surface area contributed by atoms with Gasteiger partial charge in [-0.25, -0.2) is 9.18 Å². The minimum absolute atomic E-state index is 0.0764. The number of anilines is 3. The normalized spacial score (nSPS) is 13.7. The van der Waals surface area contributed by atoms with Gasteiger partial charge < -0.3 is 25.6 Å². The van der Waals surface area contributed by atoms with Crippen LogP contribution in [-0.2, 0) is 11.2 Å². The quantitative estimate of drug-likeness (QED) is 0.345. The van der Waals surface area contributed by atoms with Gasteiger partial charge in [-0.2, -0.15) is 0 Å². The lowest BCUT2D eigenvalue weighted by Crippen LogP contribution is -2.36. The van der Waals surface area contributed by atoms with Crippen LogP contribution in [-0.4, -0.2) is 45.3 Å². The van der Waals surface area contributed by atoms with Crippen molar-refractivity contribution in [2.24, 2.45) is 5.92 Å². The SMILES string of the molecule is COCCNC(=O)c1cc(NC(=O)Nc2ccccc2F)ccc1N1CCC(Cc2ccccc2)CC1. The fraction of sp³-hybridized carbons (Fsp3) is 0.310. The van der Waals surface area contributed by atoms with Crippen molar-refractivity contribution in [3.8, 4) is 0 Å². The Kier molecular flexibility index (Phi) is 9.10. The summed E-state index contributed by atoms with van der Waals surface area (Å²) in [7, 11) is 1.58. The number of nitrogens with zero attached hydrogens (tertiary/aromatic N) is 1. The Labute approximate surface area is 217 Å². The van der Waals surface area contributed by atoms with Crippen molar-refractivity contribution in [2.75, 3.05) is 48.9 Å². The van der Waals surface area contributed by atoms with E-state index in [1.54, 1.807) is 31.4 Å². The molecule has 1 saturated heterocycles. The van der Waals surface area contributed by atoms with Crippen LogP contribution in [0.2, 0.25) is 0 Å². The zero-order valence-electron chi connectivity index (χ0n) is 21.0. The molecular weight excluding hydrogens is 471 g/mol. The molecule has 3 aromatic carbocycles. The van der Waals surface area contributed by atoms with Gasteiger partial charge in [0.15, 0.2) is 0 Å². The Hall–Kier alpha value is -3.91. The average Bonchev–Trinajstić information content (AvgIpc) is 2.91. The maximum atomic E-state index is 13.9. The zero-order chi connectivity index (χ0) is 26.0. The number of hydrogen-bond donors (Lipinski definition) is 3. The van der Waals surface area contributed by atoms with Crippen molar-refractivity contribution in [2.45, 2.75) is 19.3 Å². The number of ether oxygens (including phenoxy) is 1. The van der Waals surface area contributed by atoms with Crippen molar-refractivity contribution in [3.05, 3.63) is 89.7 Å². The molecule has 3 N–H and O–H groups in total. The highest BCUT2D eigenvalue weighted by molar-refractivity contribution is 6.04. The second-order valence-corrected chi connectivity index (χ2v) is 9.16. The Morgan fingerprint density at radius 2 is 1.70 bits per heavy atom. The number of benzene rings is 3. The lowest BCUT2D eigenvalue weighted by atomic mass is 9.89. The van der Waals surface area contributed by atoms with E-state index in [0.717, 1.165) is 38.0 Å². The molecule has 0 radical (unpaired) electrons. The molecule has 0 atom stereocenters. The maximum absolute atomic E-state index is 13.9. The number of methoxy groups -OCH3 is 1. The van der Waals surface area contributed by atoms with Gasteiger partial charge in [0.1, 0.15) is 5.82 Å². The lowest BCUT2D eigenvalue weighted by Gasteiger charge is -2.35. The van der Waals surface area contributed by atoms with Crippen LogP contribution < -0.4 is 20.9 Å². The molecule has 0 aliphatic carbocycles. The van der Waals surface area contributed by atoms with Crippen LogP contribution in [0.1, 0.15) is 28.8 Å². The third-order valence-corrected chi connectivity index (χ3v) is 6.54. The van der Waals surface area contributed by atoms with Crippen LogP contribution in [0, 0.1) is 11.7 Å². The first kappa shape index (κ1) is 26.2. The number of carbonyl (C=O) groups excluding carboxylic acids is 2. The van der Waals surface area contributed by atoms with Gasteiger partial charge in [-0.05, 0) is 61.1 Å². The van der Waals surface area contributed by atoms with Gasteiger partial charge in [-0.3, -0.25) is 4.79 Å². The first-order valence-electron chi connectivity index (χ1n) is 12.6. The summed E-state index contributed by atoms with van der Waals surface area (Å²) in [6, 6.07) is 21.2. The van der Waals surface area contributed by atoms with E-state index in [1.807, 2.05) is 12.1 Å². The van der Waals surface area contributed by atoms with E-state index in [4.69, 9.17) is 4.74 Å². The second kappa shape index (κ2) is 12.9. The molecule has 0 spiro atoms. The van der Waals surface area contributed by atoms with Crippen LogP contribution in [0.5, 0.6) is 0 Å². The summed E-state index contributed by atoms with van der Waals surface area (Å²) in [5, 5.41) is 8.08. The summed E-state index contributed by atoms with van der Waals surface area (Å²) in [6.45, 7) is 2.46. The van der Waals surface area contributed by atoms with Crippen LogP contribution in [0.3, 0.4) is 0 Å². The Bertz CT molecular complexity index is 1200. The van der Waals surface area contributed by atoms with Gasteiger partial charge in [-0.15, -0.1) is 0 Å². The number of piperidine rings is 1. The third kappa shape index (κ3) is 7.30. The summed E-state index contributed by atoms with van der Waals surface area (Å²) in [4.78, 5) is 27.8. The van der Waals surface area contributed by atoms with Crippen molar-refractivity contribution in [3.63, 3.8) is 0 Å². The Morgan fingerprint density at radius 3 is 2.43 bits per heavy atom. The molecule has 3 aromatic rings. The number of carbonyl (C=O) groups is 2. The largest absolute Gasteiger partial charge is 0.383 e. The molecule has 3 amide bonds. The molecule has 1 aliphatic rings. The minimum Gasteiger partial charge on any atom is -0.383 e. The molecule has 194 valence electrons. The van der Waals surface area contributed by atoms with Gasteiger partial charge in [0.2, 0.25) is 0 Å². The van der Waals surface area contributed by atoms with Crippen molar-refractivity contribution in [1.82, 2.24) is 5.32 Å².